The summed E-state index contributed by atoms with van der Waals surface area (Å²) < 4.78 is 17.3. The molecule has 2 N–H and O–H groups in total. The van der Waals surface area contributed by atoms with Crippen LogP contribution in [0.3, 0.4) is 0 Å². The standard InChI is InChI=1S/C10H9ClFNO4/c11-7-3-6(12)1-2-8(7)13-9(14)4-17-5-10(15)16/h1-3H,4-5H2,(H,13,14)(H,15,16). The predicted molar refractivity (Wildman–Crippen MR) is 58.5 cm³/mol. The van der Waals surface area contributed by atoms with E-state index < -0.39 is 30.9 Å². The lowest BCUT2D eigenvalue weighted by Gasteiger charge is -2.06. The van der Waals surface area contributed by atoms with E-state index in [9.17, 15) is 14.0 Å². The number of benzene rings is 1. The first-order chi connectivity index (χ1) is 7.99. The van der Waals surface area contributed by atoms with Crippen molar-refractivity contribution in [3.8, 4) is 0 Å². The molecule has 0 saturated carbocycles. The van der Waals surface area contributed by atoms with Gasteiger partial charge in [-0.15, -0.1) is 0 Å². The highest BCUT2D eigenvalue weighted by atomic mass is 35.5. The maximum Gasteiger partial charge on any atom is 0.329 e. The number of carbonyl (C=O) groups is 2. The molecule has 0 heterocycles. The summed E-state index contributed by atoms with van der Waals surface area (Å²) in [7, 11) is 0. The molecule has 0 aliphatic rings. The number of carbonyl (C=O) groups excluding carboxylic acids is 1. The molecule has 0 unspecified atom stereocenters. The van der Waals surface area contributed by atoms with Crippen LogP contribution in [0.15, 0.2) is 18.2 Å². The minimum absolute atomic E-state index is 0.0524. The number of amides is 1. The fourth-order valence-electron chi connectivity index (χ4n) is 1.01. The molecule has 0 aromatic heterocycles. The van der Waals surface area contributed by atoms with Gasteiger partial charge in [-0.2, -0.15) is 0 Å². The fraction of sp³-hybridized carbons (Fsp3) is 0.200. The Labute approximate surface area is 101 Å². The van der Waals surface area contributed by atoms with Gasteiger partial charge in [0.05, 0.1) is 10.7 Å². The Bertz CT molecular complexity index is 438. The summed E-state index contributed by atoms with van der Waals surface area (Å²) in [5.74, 6) is -2.26. The Balaban J connectivity index is 2.48. The van der Waals surface area contributed by atoms with Crippen LogP contribution in [0, 0.1) is 5.82 Å². The molecular weight excluding hydrogens is 253 g/mol. The van der Waals surface area contributed by atoms with Crippen LogP contribution in [0.5, 0.6) is 0 Å². The molecule has 0 aliphatic carbocycles. The summed E-state index contributed by atoms with van der Waals surface area (Å²) in [6.07, 6.45) is 0. The molecule has 17 heavy (non-hydrogen) atoms. The van der Waals surface area contributed by atoms with Crippen molar-refractivity contribution < 1.29 is 23.8 Å². The Kier molecular flexibility index (Phi) is 4.86. The van der Waals surface area contributed by atoms with Gasteiger partial charge in [0, 0.05) is 0 Å². The van der Waals surface area contributed by atoms with Gasteiger partial charge in [0.1, 0.15) is 19.0 Å². The zero-order valence-electron chi connectivity index (χ0n) is 8.57. The van der Waals surface area contributed by atoms with Crippen molar-refractivity contribution in [2.75, 3.05) is 18.5 Å². The van der Waals surface area contributed by atoms with Crippen LogP contribution in [-0.2, 0) is 14.3 Å². The van der Waals surface area contributed by atoms with Gasteiger partial charge in [0.2, 0.25) is 5.91 Å². The third-order valence-electron chi connectivity index (χ3n) is 1.66. The van der Waals surface area contributed by atoms with Crippen molar-refractivity contribution >= 4 is 29.2 Å². The van der Waals surface area contributed by atoms with Crippen LogP contribution < -0.4 is 5.32 Å². The maximum atomic E-state index is 12.7. The number of nitrogens with one attached hydrogen (secondary N) is 1. The second-order valence-electron chi connectivity index (χ2n) is 3.06. The van der Waals surface area contributed by atoms with E-state index in [1.54, 1.807) is 0 Å². The molecule has 92 valence electrons. The van der Waals surface area contributed by atoms with Gasteiger partial charge in [-0.3, -0.25) is 4.79 Å². The Hall–Kier alpha value is -1.66. The average Bonchev–Trinajstić information content (AvgIpc) is 2.21. The first-order valence-electron chi connectivity index (χ1n) is 4.53. The summed E-state index contributed by atoms with van der Waals surface area (Å²) >= 11 is 5.67. The molecule has 1 rings (SSSR count). The molecule has 1 amide bonds. The molecule has 0 radical (unpaired) electrons. The van der Waals surface area contributed by atoms with Crippen molar-refractivity contribution in [1.82, 2.24) is 0 Å². The first kappa shape index (κ1) is 13.4. The lowest BCUT2D eigenvalue weighted by molar-refractivity contribution is -0.143. The van der Waals surface area contributed by atoms with E-state index >= 15 is 0 Å². The molecule has 0 saturated heterocycles. The van der Waals surface area contributed by atoms with Crippen LogP contribution in [-0.4, -0.2) is 30.2 Å². The van der Waals surface area contributed by atoms with Crippen molar-refractivity contribution in [2.24, 2.45) is 0 Å². The number of halogens is 2. The van der Waals surface area contributed by atoms with Gasteiger partial charge in [-0.1, -0.05) is 11.6 Å². The number of aliphatic carboxylic acids is 1. The molecule has 5 nitrogen and oxygen atoms in total. The van der Waals surface area contributed by atoms with Crippen molar-refractivity contribution in [2.45, 2.75) is 0 Å². The molecule has 0 atom stereocenters. The van der Waals surface area contributed by atoms with Crippen LogP contribution in [0.2, 0.25) is 5.02 Å². The van der Waals surface area contributed by atoms with Crippen LogP contribution in [0.25, 0.3) is 0 Å². The quantitative estimate of drug-likeness (QED) is 0.843. The number of anilines is 1. The molecule has 0 aliphatic heterocycles. The zero-order chi connectivity index (χ0) is 12.8. The van der Waals surface area contributed by atoms with Gasteiger partial charge in [0.25, 0.3) is 0 Å². The molecular formula is C10H9ClFNO4. The van der Waals surface area contributed by atoms with E-state index in [0.717, 1.165) is 12.1 Å². The highest BCUT2D eigenvalue weighted by Gasteiger charge is 2.07. The van der Waals surface area contributed by atoms with E-state index in [-0.39, 0.29) is 10.7 Å². The number of hydrogen-bond acceptors (Lipinski definition) is 3. The number of carboxylic acids is 1. The number of rotatable bonds is 5. The number of hydrogen-bond donors (Lipinski definition) is 2. The summed E-state index contributed by atoms with van der Waals surface area (Å²) in [6, 6.07) is 3.49. The van der Waals surface area contributed by atoms with Crippen molar-refractivity contribution in [3.05, 3.63) is 29.0 Å². The largest absolute Gasteiger partial charge is 0.480 e. The van der Waals surface area contributed by atoms with Crippen LogP contribution in [0.1, 0.15) is 0 Å². The van der Waals surface area contributed by atoms with Gasteiger partial charge in [-0.05, 0) is 18.2 Å². The number of ether oxygens (including phenoxy) is 1. The average molecular weight is 262 g/mol. The summed E-state index contributed by atoms with van der Waals surface area (Å²) in [4.78, 5) is 21.4. The minimum Gasteiger partial charge on any atom is -0.480 e. The second kappa shape index (κ2) is 6.17. The van der Waals surface area contributed by atoms with Crippen LogP contribution in [0.4, 0.5) is 10.1 Å². The molecule has 0 bridgehead atoms. The Morgan fingerprint density at radius 2 is 2.12 bits per heavy atom. The lowest BCUT2D eigenvalue weighted by atomic mass is 10.3. The highest BCUT2D eigenvalue weighted by Crippen LogP contribution is 2.22. The fourth-order valence-corrected chi connectivity index (χ4v) is 1.22. The monoisotopic (exact) mass is 261 g/mol. The molecule has 0 spiro atoms. The molecule has 1 aromatic carbocycles. The van der Waals surface area contributed by atoms with Gasteiger partial charge < -0.3 is 15.2 Å². The maximum absolute atomic E-state index is 12.7. The first-order valence-corrected chi connectivity index (χ1v) is 4.91. The van der Waals surface area contributed by atoms with E-state index in [1.165, 1.54) is 6.07 Å². The zero-order valence-corrected chi connectivity index (χ0v) is 9.33. The van der Waals surface area contributed by atoms with E-state index in [0.29, 0.717) is 0 Å². The SMILES string of the molecule is O=C(O)COCC(=O)Nc1ccc(F)cc1Cl. The van der Waals surface area contributed by atoms with Gasteiger partial charge in [-0.25, -0.2) is 9.18 Å². The third kappa shape index (κ3) is 4.80. The molecule has 1 aromatic rings. The smallest absolute Gasteiger partial charge is 0.329 e. The summed E-state index contributed by atoms with van der Waals surface area (Å²) in [5, 5.41) is 10.7. The van der Waals surface area contributed by atoms with Gasteiger partial charge in [0.15, 0.2) is 0 Å². The van der Waals surface area contributed by atoms with Gasteiger partial charge >= 0.3 is 5.97 Å². The third-order valence-corrected chi connectivity index (χ3v) is 1.98. The van der Waals surface area contributed by atoms with E-state index in [4.69, 9.17) is 16.7 Å². The Morgan fingerprint density at radius 1 is 1.41 bits per heavy atom. The normalized spacial score (nSPS) is 10.0. The topological polar surface area (TPSA) is 75.6 Å². The predicted octanol–water partition coefficient (Wildman–Crippen LogP) is 1.52. The Morgan fingerprint density at radius 3 is 2.71 bits per heavy atom. The summed E-state index contributed by atoms with van der Waals surface area (Å²) in [6.45, 7) is -0.982. The second-order valence-corrected chi connectivity index (χ2v) is 3.47. The van der Waals surface area contributed by atoms with E-state index in [1.807, 2.05) is 0 Å². The van der Waals surface area contributed by atoms with Crippen LogP contribution >= 0.6 is 11.6 Å². The number of carboxylic acid groups (broad SMARTS) is 1. The van der Waals surface area contributed by atoms with Crippen molar-refractivity contribution in [1.29, 1.82) is 0 Å². The summed E-state index contributed by atoms with van der Waals surface area (Å²) in [5.41, 5.74) is 0.233. The van der Waals surface area contributed by atoms with E-state index in [2.05, 4.69) is 10.1 Å². The molecule has 7 heteroatoms. The molecule has 0 fully saturated rings. The van der Waals surface area contributed by atoms with Crippen molar-refractivity contribution in [3.63, 3.8) is 0 Å². The minimum atomic E-state index is -1.17. The lowest BCUT2D eigenvalue weighted by Crippen LogP contribution is -2.20. The highest BCUT2D eigenvalue weighted by molar-refractivity contribution is 6.33.